The molecule has 1 aromatic carbocycles. The van der Waals surface area contributed by atoms with E-state index in [9.17, 15) is 18.0 Å². The zero-order chi connectivity index (χ0) is 21.5. The molecule has 8 heteroatoms. The topological polar surface area (TPSA) is 45.7 Å². The number of benzene rings is 1. The van der Waals surface area contributed by atoms with Crippen LogP contribution < -0.4 is 9.64 Å². The third-order valence-corrected chi connectivity index (χ3v) is 6.08. The van der Waals surface area contributed by atoms with Gasteiger partial charge in [0.2, 0.25) is 5.91 Å². The minimum atomic E-state index is -4.39. The molecule has 1 aromatic heterocycles. The van der Waals surface area contributed by atoms with Crippen LogP contribution in [0, 0.1) is 12.8 Å². The largest absolute Gasteiger partial charge is 0.496 e. The number of anilines is 1. The summed E-state index contributed by atoms with van der Waals surface area (Å²) in [4.78, 5) is 20.9. The number of amides is 1. The van der Waals surface area contributed by atoms with Gasteiger partial charge in [0.25, 0.3) is 0 Å². The van der Waals surface area contributed by atoms with Crippen molar-refractivity contribution in [2.24, 2.45) is 5.92 Å². The van der Waals surface area contributed by atoms with E-state index in [0.29, 0.717) is 31.2 Å². The number of nitrogens with zero attached hydrogens (tertiary/aromatic N) is 3. The van der Waals surface area contributed by atoms with E-state index in [0.717, 1.165) is 42.1 Å². The highest BCUT2D eigenvalue weighted by atomic mass is 19.4. The molecule has 0 saturated carbocycles. The predicted molar refractivity (Wildman–Crippen MR) is 106 cm³/mol. The van der Waals surface area contributed by atoms with Gasteiger partial charge in [-0.25, -0.2) is 4.98 Å². The molecule has 2 aliphatic rings. The second-order valence-corrected chi connectivity index (χ2v) is 7.99. The Bertz CT molecular complexity index is 930. The van der Waals surface area contributed by atoms with E-state index in [1.54, 1.807) is 7.11 Å². The van der Waals surface area contributed by atoms with Crippen LogP contribution in [0.2, 0.25) is 0 Å². The van der Waals surface area contributed by atoms with Crippen molar-refractivity contribution in [3.8, 4) is 5.75 Å². The molecule has 160 valence electrons. The molecule has 2 aliphatic heterocycles. The molecular weight excluding hydrogens is 395 g/mol. The number of aryl methyl sites for hydroxylation is 1. The number of alkyl halides is 3. The molecule has 2 atom stereocenters. The van der Waals surface area contributed by atoms with Gasteiger partial charge in [0.05, 0.1) is 25.1 Å². The Labute approximate surface area is 173 Å². The van der Waals surface area contributed by atoms with E-state index in [-0.39, 0.29) is 11.9 Å². The number of carbonyl (C=O) groups excluding carboxylic acids is 1. The lowest BCUT2D eigenvalue weighted by Crippen LogP contribution is -2.40. The average molecular weight is 419 g/mol. The van der Waals surface area contributed by atoms with Gasteiger partial charge in [-0.3, -0.25) is 4.79 Å². The summed E-state index contributed by atoms with van der Waals surface area (Å²) in [5.74, 6) is 1.71. The molecule has 2 saturated heterocycles. The van der Waals surface area contributed by atoms with Crippen LogP contribution in [0.4, 0.5) is 19.0 Å². The van der Waals surface area contributed by atoms with Gasteiger partial charge in [0, 0.05) is 31.7 Å². The second kappa shape index (κ2) is 7.81. The summed E-state index contributed by atoms with van der Waals surface area (Å²) in [5.41, 5.74) is 1.18. The molecule has 4 rings (SSSR count). The SMILES string of the molecule is COc1ccc(CC(=O)N2CCC3CN(c4ccc(C(F)(F)F)cn4)CC32)cc1C. The lowest BCUT2D eigenvalue weighted by Gasteiger charge is -2.25. The highest BCUT2D eigenvalue weighted by Crippen LogP contribution is 2.35. The Morgan fingerprint density at radius 2 is 2.03 bits per heavy atom. The van der Waals surface area contributed by atoms with Gasteiger partial charge in [0.1, 0.15) is 11.6 Å². The van der Waals surface area contributed by atoms with Crippen molar-refractivity contribution in [2.45, 2.75) is 32.0 Å². The molecule has 0 N–H and O–H groups in total. The fraction of sp³-hybridized carbons (Fsp3) is 0.455. The highest BCUT2D eigenvalue weighted by Gasteiger charge is 2.43. The first-order valence-corrected chi connectivity index (χ1v) is 9.97. The molecule has 5 nitrogen and oxygen atoms in total. The lowest BCUT2D eigenvalue weighted by atomic mass is 10.0. The van der Waals surface area contributed by atoms with E-state index >= 15 is 0 Å². The number of aromatic nitrogens is 1. The summed E-state index contributed by atoms with van der Waals surface area (Å²) in [6.07, 6.45) is -2.30. The van der Waals surface area contributed by atoms with Crippen LogP contribution in [0.3, 0.4) is 0 Å². The zero-order valence-corrected chi connectivity index (χ0v) is 16.9. The van der Waals surface area contributed by atoms with E-state index < -0.39 is 11.7 Å². The van der Waals surface area contributed by atoms with Gasteiger partial charge >= 0.3 is 6.18 Å². The van der Waals surface area contributed by atoms with Crippen molar-refractivity contribution in [3.63, 3.8) is 0 Å². The summed E-state index contributed by atoms with van der Waals surface area (Å²) in [6.45, 7) is 3.97. The Hall–Kier alpha value is -2.77. The first kappa shape index (κ1) is 20.5. The Balaban J connectivity index is 1.42. The average Bonchev–Trinajstić information content (AvgIpc) is 3.28. The molecule has 1 amide bonds. The fourth-order valence-electron chi connectivity index (χ4n) is 4.53. The summed E-state index contributed by atoms with van der Waals surface area (Å²) < 4.78 is 43.6. The van der Waals surface area contributed by atoms with Gasteiger partial charge in [-0.05, 0) is 42.7 Å². The Morgan fingerprint density at radius 3 is 2.67 bits per heavy atom. The second-order valence-electron chi connectivity index (χ2n) is 7.99. The zero-order valence-electron chi connectivity index (χ0n) is 16.9. The maximum atomic E-state index is 13.0. The number of carbonyl (C=O) groups is 1. The van der Waals surface area contributed by atoms with Crippen LogP contribution in [-0.2, 0) is 17.4 Å². The Kier molecular flexibility index (Phi) is 5.34. The van der Waals surface area contributed by atoms with Crippen LogP contribution in [0.1, 0.15) is 23.1 Å². The summed E-state index contributed by atoms with van der Waals surface area (Å²) in [5, 5.41) is 0. The molecule has 0 aliphatic carbocycles. The van der Waals surface area contributed by atoms with Gasteiger partial charge < -0.3 is 14.5 Å². The summed E-state index contributed by atoms with van der Waals surface area (Å²) >= 11 is 0. The van der Waals surface area contributed by atoms with E-state index in [4.69, 9.17) is 4.74 Å². The number of methoxy groups -OCH3 is 1. The van der Waals surface area contributed by atoms with Crippen molar-refractivity contribution in [2.75, 3.05) is 31.6 Å². The fourth-order valence-corrected chi connectivity index (χ4v) is 4.53. The molecule has 0 spiro atoms. The number of ether oxygens (including phenoxy) is 1. The third kappa shape index (κ3) is 3.95. The van der Waals surface area contributed by atoms with Gasteiger partial charge in [-0.1, -0.05) is 12.1 Å². The smallest absolute Gasteiger partial charge is 0.417 e. The number of likely N-dealkylation sites (tertiary alicyclic amines) is 1. The maximum Gasteiger partial charge on any atom is 0.417 e. The van der Waals surface area contributed by atoms with Crippen LogP contribution in [-0.4, -0.2) is 48.6 Å². The van der Waals surface area contributed by atoms with Crippen LogP contribution in [0.5, 0.6) is 5.75 Å². The Morgan fingerprint density at radius 1 is 1.23 bits per heavy atom. The number of halogens is 3. The molecule has 0 bridgehead atoms. The molecule has 30 heavy (non-hydrogen) atoms. The summed E-state index contributed by atoms with van der Waals surface area (Å²) in [7, 11) is 1.62. The van der Waals surface area contributed by atoms with Crippen LogP contribution in [0.15, 0.2) is 36.5 Å². The van der Waals surface area contributed by atoms with Crippen molar-refractivity contribution in [3.05, 3.63) is 53.2 Å². The minimum absolute atomic E-state index is 0.0703. The van der Waals surface area contributed by atoms with Crippen molar-refractivity contribution < 1.29 is 22.7 Å². The van der Waals surface area contributed by atoms with Crippen molar-refractivity contribution in [1.82, 2.24) is 9.88 Å². The first-order valence-electron chi connectivity index (χ1n) is 9.97. The van der Waals surface area contributed by atoms with Crippen LogP contribution in [0.25, 0.3) is 0 Å². The van der Waals surface area contributed by atoms with E-state index in [2.05, 4.69) is 4.98 Å². The molecule has 2 unspecified atom stereocenters. The van der Waals surface area contributed by atoms with Gasteiger partial charge in [0.15, 0.2) is 0 Å². The maximum absolute atomic E-state index is 13.0. The predicted octanol–water partition coefficient (Wildman–Crippen LogP) is 3.70. The summed E-state index contributed by atoms with van der Waals surface area (Å²) in [6, 6.07) is 8.29. The van der Waals surface area contributed by atoms with E-state index in [1.807, 2.05) is 34.9 Å². The van der Waals surface area contributed by atoms with E-state index in [1.165, 1.54) is 6.07 Å². The third-order valence-electron chi connectivity index (χ3n) is 6.08. The minimum Gasteiger partial charge on any atom is -0.496 e. The molecular formula is C22H24F3N3O2. The number of hydrogen-bond donors (Lipinski definition) is 0. The number of pyridine rings is 1. The monoisotopic (exact) mass is 419 g/mol. The number of hydrogen-bond acceptors (Lipinski definition) is 4. The standard InChI is InChI=1S/C22H24F3N3O2/c1-14-9-15(3-5-19(14)30-2)10-21(29)28-8-7-16-12-27(13-18(16)28)20-6-4-17(11-26-20)22(23,24)25/h3-6,9,11,16,18H,7-8,10,12-13H2,1-2H3. The lowest BCUT2D eigenvalue weighted by molar-refractivity contribution is -0.137. The van der Waals surface area contributed by atoms with Crippen LogP contribution >= 0.6 is 0 Å². The molecule has 3 heterocycles. The number of rotatable bonds is 4. The highest BCUT2D eigenvalue weighted by molar-refractivity contribution is 5.80. The normalized spacial score (nSPS) is 21.1. The van der Waals surface area contributed by atoms with Crippen molar-refractivity contribution >= 4 is 11.7 Å². The van der Waals surface area contributed by atoms with Gasteiger partial charge in [-0.15, -0.1) is 0 Å². The first-order chi connectivity index (χ1) is 14.3. The van der Waals surface area contributed by atoms with Gasteiger partial charge in [-0.2, -0.15) is 13.2 Å². The molecule has 0 radical (unpaired) electrons. The molecule has 2 fully saturated rings. The van der Waals surface area contributed by atoms with Crippen molar-refractivity contribution in [1.29, 1.82) is 0 Å². The quantitative estimate of drug-likeness (QED) is 0.758. The number of fused-ring (bicyclic) bond motifs is 1. The molecule has 2 aromatic rings.